The zero-order chi connectivity index (χ0) is 17.5. The zero-order valence-electron chi connectivity index (χ0n) is 14.8. The Morgan fingerprint density at radius 2 is 1.79 bits per heavy atom. The van der Waals surface area contributed by atoms with Crippen molar-refractivity contribution in [3.63, 3.8) is 0 Å². The highest BCUT2D eigenvalue weighted by atomic mass is 16.5. The fourth-order valence-electron chi connectivity index (χ4n) is 2.59. The first kappa shape index (κ1) is 17.9. The number of benzene rings is 2. The van der Waals surface area contributed by atoms with Crippen molar-refractivity contribution in [3.8, 4) is 16.9 Å². The average molecular weight is 326 g/mol. The monoisotopic (exact) mass is 326 g/mol. The van der Waals surface area contributed by atoms with Crippen LogP contribution in [0.2, 0.25) is 0 Å². The van der Waals surface area contributed by atoms with E-state index >= 15 is 0 Å². The average Bonchev–Trinajstić information content (AvgIpc) is 2.55. The predicted molar refractivity (Wildman–Crippen MR) is 101 cm³/mol. The number of anilines is 2. The number of hydrogen-bond donors (Lipinski definition) is 2. The fraction of sp³-hybridized carbons (Fsp3) is 0.350. The molecule has 2 aromatic rings. The second-order valence-corrected chi connectivity index (χ2v) is 6.12. The summed E-state index contributed by atoms with van der Waals surface area (Å²) in [4.78, 5) is 10.8. The molecule has 0 heterocycles. The van der Waals surface area contributed by atoms with Gasteiger partial charge >= 0.3 is 0 Å². The first-order valence-corrected chi connectivity index (χ1v) is 8.33. The topological polar surface area (TPSA) is 50.4 Å². The molecule has 4 heteroatoms. The van der Waals surface area contributed by atoms with Crippen LogP contribution < -0.4 is 15.4 Å². The molecular weight excluding hydrogens is 300 g/mol. The van der Waals surface area contributed by atoms with Crippen LogP contribution in [0.5, 0.6) is 5.75 Å². The van der Waals surface area contributed by atoms with E-state index in [4.69, 9.17) is 4.74 Å². The molecular formula is C20H26N2O2. The van der Waals surface area contributed by atoms with Crippen LogP contribution in [0.25, 0.3) is 11.1 Å². The van der Waals surface area contributed by atoms with Crippen LogP contribution in [0, 0.1) is 0 Å². The molecule has 2 rings (SSSR count). The van der Waals surface area contributed by atoms with Gasteiger partial charge in [-0.1, -0.05) is 24.3 Å². The number of ether oxygens (including phenoxy) is 1. The molecule has 2 aromatic carbocycles. The van der Waals surface area contributed by atoms with E-state index in [1.165, 1.54) is 0 Å². The second kappa shape index (κ2) is 8.39. The molecule has 1 atom stereocenters. The summed E-state index contributed by atoms with van der Waals surface area (Å²) in [5.74, 6) is 0.863. The predicted octanol–water partition coefficient (Wildman–Crippen LogP) is 4.57. The van der Waals surface area contributed by atoms with Crippen molar-refractivity contribution in [2.75, 3.05) is 17.7 Å². The van der Waals surface area contributed by atoms with E-state index < -0.39 is 0 Å². The minimum Gasteiger partial charge on any atom is -0.491 e. The first-order valence-electron chi connectivity index (χ1n) is 8.33. The molecule has 0 fully saturated rings. The Balaban J connectivity index is 2.36. The van der Waals surface area contributed by atoms with Gasteiger partial charge in [0, 0.05) is 25.1 Å². The standard InChI is InChI=1S/C20H26N2O2/c1-14(2)24-17-10-8-16(9-11-17)18-6-5-7-19(21-4)20(18)22-15(3)12-13-23/h5-11,13-15,21-22H,12H2,1-4H3/t15-/m1/s1. The summed E-state index contributed by atoms with van der Waals surface area (Å²) >= 11 is 0. The summed E-state index contributed by atoms with van der Waals surface area (Å²) in [5, 5.41) is 6.67. The number of hydrogen-bond acceptors (Lipinski definition) is 4. The van der Waals surface area contributed by atoms with Crippen LogP contribution in [0.15, 0.2) is 42.5 Å². The maximum absolute atomic E-state index is 10.8. The summed E-state index contributed by atoms with van der Waals surface area (Å²) in [6.45, 7) is 6.03. The van der Waals surface area contributed by atoms with Gasteiger partial charge in [-0.2, -0.15) is 0 Å². The van der Waals surface area contributed by atoms with E-state index in [1.54, 1.807) is 0 Å². The summed E-state index contributed by atoms with van der Waals surface area (Å²) in [6.07, 6.45) is 1.57. The van der Waals surface area contributed by atoms with E-state index in [2.05, 4.69) is 28.8 Å². The summed E-state index contributed by atoms with van der Waals surface area (Å²) < 4.78 is 5.71. The number of nitrogens with one attached hydrogen (secondary N) is 2. The van der Waals surface area contributed by atoms with Crippen LogP contribution in [-0.2, 0) is 4.79 Å². The summed E-state index contributed by atoms with van der Waals surface area (Å²) in [7, 11) is 1.90. The van der Waals surface area contributed by atoms with Gasteiger partial charge in [-0.05, 0) is 44.5 Å². The van der Waals surface area contributed by atoms with Crippen LogP contribution in [0.4, 0.5) is 11.4 Å². The Bertz CT molecular complexity index is 666. The lowest BCUT2D eigenvalue weighted by Gasteiger charge is -2.20. The molecule has 0 saturated carbocycles. The van der Waals surface area contributed by atoms with Gasteiger partial charge in [-0.15, -0.1) is 0 Å². The van der Waals surface area contributed by atoms with E-state index in [1.807, 2.05) is 52.1 Å². The number of carbonyl (C=O) groups excluding carboxylic acids is 1. The van der Waals surface area contributed by atoms with Crippen molar-refractivity contribution in [2.45, 2.75) is 39.3 Å². The lowest BCUT2D eigenvalue weighted by Crippen LogP contribution is -2.17. The number of rotatable bonds is 8. The van der Waals surface area contributed by atoms with Gasteiger partial charge in [0.15, 0.2) is 0 Å². The van der Waals surface area contributed by atoms with Gasteiger partial charge in [0.25, 0.3) is 0 Å². The van der Waals surface area contributed by atoms with Crippen LogP contribution in [0.3, 0.4) is 0 Å². The molecule has 0 spiro atoms. The van der Waals surface area contributed by atoms with Gasteiger partial charge < -0.3 is 20.2 Å². The number of carbonyl (C=O) groups is 1. The van der Waals surface area contributed by atoms with Crippen molar-refractivity contribution in [2.24, 2.45) is 0 Å². The van der Waals surface area contributed by atoms with Crippen molar-refractivity contribution in [1.29, 1.82) is 0 Å². The molecule has 0 unspecified atom stereocenters. The molecule has 0 amide bonds. The maximum atomic E-state index is 10.8. The number of para-hydroxylation sites is 1. The third-order valence-electron chi connectivity index (χ3n) is 3.71. The molecule has 2 N–H and O–H groups in total. The third-order valence-corrected chi connectivity index (χ3v) is 3.71. The van der Waals surface area contributed by atoms with Crippen molar-refractivity contribution in [1.82, 2.24) is 0 Å². The van der Waals surface area contributed by atoms with Gasteiger partial charge in [-0.3, -0.25) is 0 Å². The lowest BCUT2D eigenvalue weighted by molar-refractivity contribution is -0.107. The molecule has 0 bridgehead atoms. The van der Waals surface area contributed by atoms with E-state index in [0.29, 0.717) is 6.42 Å². The SMILES string of the molecule is CNc1cccc(-c2ccc(OC(C)C)cc2)c1N[C@H](C)CC=O. The van der Waals surface area contributed by atoms with Gasteiger partial charge in [-0.25, -0.2) is 0 Å². The first-order chi connectivity index (χ1) is 11.5. The van der Waals surface area contributed by atoms with E-state index in [-0.39, 0.29) is 12.1 Å². The minimum absolute atomic E-state index is 0.0688. The van der Waals surface area contributed by atoms with Crippen molar-refractivity contribution in [3.05, 3.63) is 42.5 Å². The van der Waals surface area contributed by atoms with Crippen molar-refractivity contribution >= 4 is 17.7 Å². The quantitative estimate of drug-likeness (QED) is 0.698. The molecule has 0 aliphatic heterocycles. The van der Waals surface area contributed by atoms with Gasteiger partial charge in [0.2, 0.25) is 0 Å². The van der Waals surface area contributed by atoms with Crippen LogP contribution in [0.1, 0.15) is 27.2 Å². The highest BCUT2D eigenvalue weighted by Crippen LogP contribution is 2.35. The highest BCUT2D eigenvalue weighted by Gasteiger charge is 2.12. The molecule has 0 radical (unpaired) electrons. The maximum Gasteiger partial charge on any atom is 0.122 e. The Labute approximate surface area is 144 Å². The molecule has 24 heavy (non-hydrogen) atoms. The van der Waals surface area contributed by atoms with Crippen LogP contribution >= 0.6 is 0 Å². The second-order valence-electron chi connectivity index (χ2n) is 6.12. The normalized spacial score (nSPS) is 11.9. The smallest absolute Gasteiger partial charge is 0.122 e. The van der Waals surface area contributed by atoms with Crippen molar-refractivity contribution < 1.29 is 9.53 Å². The van der Waals surface area contributed by atoms with E-state index in [9.17, 15) is 4.79 Å². The van der Waals surface area contributed by atoms with Crippen LogP contribution in [-0.4, -0.2) is 25.5 Å². The van der Waals surface area contributed by atoms with Gasteiger partial charge in [0.05, 0.1) is 17.5 Å². The zero-order valence-corrected chi connectivity index (χ0v) is 14.8. The summed E-state index contributed by atoms with van der Waals surface area (Å²) in [6, 6.07) is 14.3. The lowest BCUT2D eigenvalue weighted by atomic mass is 10.0. The molecule has 0 saturated heterocycles. The Kier molecular flexibility index (Phi) is 6.24. The Morgan fingerprint density at radius 3 is 2.38 bits per heavy atom. The molecule has 0 aliphatic carbocycles. The molecule has 0 aliphatic rings. The largest absolute Gasteiger partial charge is 0.491 e. The summed E-state index contributed by atoms with van der Waals surface area (Å²) in [5.41, 5.74) is 4.21. The number of aldehydes is 1. The van der Waals surface area contributed by atoms with E-state index in [0.717, 1.165) is 34.5 Å². The molecule has 128 valence electrons. The van der Waals surface area contributed by atoms with Gasteiger partial charge in [0.1, 0.15) is 12.0 Å². The molecule has 4 nitrogen and oxygen atoms in total. The highest BCUT2D eigenvalue weighted by molar-refractivity contribution is 5.87. The fourth-order valence-corrected chi connectivity index (χ4v) is 2.59. The Hall–Kier alpha value is -2.49. The third kappa shape index (κ3) is 4.51. The minimum atomic E-state index is 0.0688. The molecule has 0 aromatic heterocycles. The Morgan fingerprint density at radius 1 is 1.08 bits per heavy atom.